The molecule has 4 N–H and O–H groups in total. The molecule has 2 rings (SSSR count). The van der Waals surface area contributed by atoms with Crippen molar-refractivity contribution in [2.45, 2.75) is 0 Å². The summed E-state index contributed by atoms with van der Waals surface area (Å²) in [6.45, 7) is 0. The summed E-state index contributed by atoms with van der Waals surface area (Å²) >= 11 is 6.00. The van der Waals surface area contributed by atoms with E-state index in [1.54, 1.807) is 18.2 Å². The second kappa shape index (κ2) is 6.18. The number of halogens is 1. The molecule has 1 aromatic carbocycles. The highest BCUT2D eigenvalue weighted by molar-refractivity contribution is 6.34. The molecule has 0 atom stereocenters. The van der Waals surface area contributed by atoms with Crippen LogP contribution in [0.1, 0.15) is 10.5 Å². The normalized spacial score (nSPS) is 9.95. The molecule has 0 aliphatic heterocycles. The maximum Gasteiger partial charge on any atom is 0.275 e. The van der Waals surface area contributed by atoms with Crippen LogP contribution in [-0.2, 0) is 0 Å². The number of carbonyl (C=O) groups excluding carboxylic acids is 1. The van der Waals surface area contributed by atoms with E-state index in [1.165, 1.54) is 19.5 Å². The van der Waals surface area contributed by atoms with Crippen molar-refractivity contribution in [2.75, 3.05) is 17.9 Å². The second-order valence-electron chi connectivity index (χ2n) is 3.73. The highest BCUT2D eigenvalue weighted by Crippen LogP contribution is 2.26. The summed E-state index contributed by atoms with van der Waals surface area (Å²) in [5.41, 5.74) is 2.90. The van der Waals surface area contributed by atoms with Crippen molar-refractivity contribution in [3.05, 3.63) is 41.3 Å². The van der Waals surface area contributed by atoms with Gasteiger partial charge in [-0.2, -0.15) is 0 Å². The van der Waals surface area contributed by atoms with Crippen LogP contribution in [0.4, 0.5) is 11.5 Å². The van der Waals surface area contributed by atoms with Gasteiger partial charge in [-0.3, -0.25) is 4.79 Å². The molecular formula is C12H12ClN5O2. The molecule has 2 aromatic rings. The summed E-state index contributed by atoms with van der Waals surface area (Å²) in [6.07, 6.45) is 2.65. The lowest BCUT2D eigenvalue weighted by atomic mass is 10.3. The van der Waals surface area contributed by atoms with Gasteiger partial charge in [-0.05, 0) is 12.1 Å². The SMILES string of the molecule is COc1ccc(Cl)c(NC(=O)c2cnc(NN)cn2)c1. The van der Waals surface area contributed by atoms with Gasteiger partial charge in [0.1, 0.15) is 11.4 Å². The lowest BCUT2D eigenvalue weighted by Crippen LogP contribution is -2.15. The van der Waals surface area contributed by atoms with E-state index < -0.39 is 5.91 Å². The number of aromatic nitrogens is 2. The Bertz CT molecular complexity index is 618. The van der Waals surface area contributed by atoms with Crippen molar-refractivity contribution >= 4 is 29.0 Å². The Hall–Kier alpha value is -2.38. The fourth-order valence-electron chi connectivity index (χ4n) is 1.43. The molecule has 0 spiro atoms. The van der Waals surface area contributed by atoms with Gasteiger partial charge in [-0.25, -0.2) is 15.8 Å². The number of methoxy groups -OCH3 is 1. The van der Waals surface area contributed by atoms with E-state index >= 15 is 0 Å². The quantitative estimate of drug-likeness (QED) is 0.585. The number of nitrogens with zero attached hydrogens (tertiary/aromatic N) is 2. The molecule has 0 fully saturated rings. The Morgan fingerprint density at radius 2 is 2.15 bits per heavy atom. The smallest absolute Gasteiger partial charge is 0.275 e. The predicted octanol–water partition coefficient (Wildman–Crippen LogP) is 1.68. The third kappa shape index (κ3) is 3.14. The summed E-state index contributed by atoms with van der Waals surface area (Å²) in [5, 5.41) is 3.03. The lowest BCUT2D eigenvalue weighted by Gasteiger charge is -2.08. The van der Waals surface area contributed by atoms with Crippen LogP contribution in [0.15, 0.2) is 30.6 Å². The first-order valence-electron chi connectivity index (χ1n) is 5.57. The van der Waals surface area contributed by atoms with E-state index in [9.17, 15) is 4.79 Å². The van der Waals surface area contributed by atoms with Crippen molar-refractivity contribution in [1.82, 2.24) is 9.97 Å². The molecule has 1 aromatic heterocycles. The van der Waals surface area contributed by atoms with Gasteiger partial charge in [0.05, 0.1) is 30.2 Å². The van der Waals surface area contributed by atoms with Crippen LogP contribution in [0.2, 0.25) is 5.02 Å². The number of anilines is 2. The topological polar surface area (TPSA) is 102 Å². The van der Waals surface area contributed by atoms with Gasteiger partial charge in [0.25, 0.3) is 5.91 Å². The van der Waals surface area contributed by atoms with Crippen LogP contribution < -0.4 is 21.3 Å². The highest BCUT2D eigenvalue weighted by Gasteiger charge is 2.11. The van der Waals surface area contributed by atoms with E-state index in [4.69, 9.17) is 22.2 Å². The van der Waals surface area contributed by atoms with Gasteiger partial charge >= 0.3 is 0 Å². The number of nitrogen functional groups attached to an aromatic ring is 1. The fourth-order valence-corrected chi connectivity index (χ4v) is 1.60. The van der Waals surface area contributed by atoms with Gasteiger partial charge in [0.2, 0.25) is 0 Å². The largest absolute Gasteiger partial charge is 0.497 e. The van der Waals surface area contributed by atoms with E-state index in [-0.39, 0.29) is 5.69 Å². The Morgan fingerprint density at radius 3 is 2.75 bits per heavy atom. The van der Waals surface area contributed by atoms with Crippen molar-refractivity contribution in [1.29, 1.82) is 0 Å². The Morgan fingerprint density at radius 1 is 1.35 bits per heavy atom. The first kappa shape index (κ1) is 14.0. The monoisotopic (exact) mass is 293 g/mol. The van der Waals surface area contributed by atoms with Crippen LogP contribution in [0.5, 0.6) is 5.75 Å². The molecule has 104 valence electrons. The number of rotatable bonds is 4. The lowest BCUT2D eigenvalue weighted by molar-refractivity contribution is 0.102. The predicted molar refractivity (Wildman–Crippen MR) is 75.8 cm³/mol. The minimum absolute atomic E-state index is 0.142. The summed E-state index contributed by atoms with van der Waals surface area (Å²) in [6, 6.07) is 4.94. The zero-order valence-corrected chi connectivity index (χ0v) is 11.3. The van der Waals surface area contributed by atoms with Crippen molar-refractivity contribution in [3.8, 4) is 5.75 Å². The van der Waals surface area contributed by atoms with Gasteiger partial charge in [-0.15, -0.1) is 0 Å². The van der Waals surface area contributed by atoms with E-state index in [2.05, 4.69) is 20.7 Å². The second-order valence-corrected chi connectivity index (χ2v) is 4.14. The molecule has 0 saturated heterocycles. The number of nitrogens with one attached hydrogen (secondary N) is 2. The van der Waals surface area contributed by atoms with Crippen LogP contribution in [0, 0.1) is 0 Å². The van der Waals surface area contributed by atoms with Crippen LogP contribution in [0.3, 0.4) is 0 Å². The average Bonchev–Trinajstić information content (AvgIpc) is 2.49. The molecule has 0 aliphatic carbocycles. The molecule has 0 radical (unpaired) electrons. The molecule has 1 amide bonds. The maximum absolute atomic E-state index is 12.0. The number of benzene rings is 1. The molecule has 0 unspecified atom stereocenters. The number of hydrogen-bond donors (Lipinski definition) is 3. The first-order chi connectivity index (χ1) is 9.63. The Labute approximate surface area is 120 Å². The Kier molecular flexibility index (Phi) is 4.34. The summed E-state index contributed by atoms with van der Waals surface area (Å²) < 4.78 is 5.07. The third-order valence-electron chi connectivity index (χ3n) is 2.45. The first-order valence-corrected chi connectivity index (χ1v) is 5.95. The molecule has 1 heterocycles. The van der Waals surface area contributed by atoms with Crippen LogP contribution in [-0.4, -0.2) is 23.0 Å². The van der Waals surface area contributed by atoms with Crippen molar-refractivity contribution in [2.24, 2.45) is 5.84 Å². The molecule has 0 bridgehead atoms. The van der Waals surface area contributed by atoms with E-state index in [0.717, 1.165) is 0 Å². The highest BCUT2D eigenvalue weighted by atomic mass is 35.5. The summed E-state index contributed by atoms with van der Waals surface area (Å²) in [4.78, 5) is 19.8. The number of hydrogen-bond acceptors (Lipinski definition) is 6. The van der Waals surface area contributed by atoms with Gasteiger partial charge in [-0.1, -0.05) is 11.6 Å². The van der Waals surface area contributed by atoms with E-state index in [1.807, 2.05) is 0 Å². The van der Waals surface area contributed by atoms with Gasteiger partial charge < -0.3 is 15.5 Å². The average molecular weight is 294 g/mol. The maximum atomic E-state index is 12.0. The molecule has 7 nitrogen and oxygen atoms in total. The molecular weight excluding hydrogens is 282 g/mol. The van der Waals surface area contributed by atoms with Crippen LogP contribution >= 0.6 is 11.6 Å². The fraction of sp³-hybridized carbons (Fsp3) is 0.0833. The molecule has 20 heavy (non-hydrogen) atoms. The van der Waals surface area contributed by atoms with Crippen molar-refractivity contribution < 1.29 is 9.53 Å². The number of nitrogens with two attached hydrogens (primary N) is 1. The van der Waals surface area contributed by atoms with E-state index in [0.29, 0.717) is 22.3 Å². The summed E-state index contributed by atoms with van der Waals surface area (Å²) in [7, 11) is 1.53. The summed E-state index contributed by atoms with van der Waals surface area (Å²) in [5.74, 6) is 5.68. The third-order valence-corrected chi connectivity index (χ3v) is 2.78. The van der Waals surface area contributed by atoms with Gasteiger partial charge in [0.15, 0.2) is 5.82 Å². The van der Waals surface area contributed by atoms with Gasteiger partial charge in [0, 0.05) is 6.07 Å². The molecule has 8 heteroatoms. The molecule has 0 saturated carbocycles. The Balaban J connectivity index is 2.18. The minimum Gasteiger partial charge on any atom is -0.497 e. The van der Waals surface area contributed by atoms with Crippen LogP contribution in [0.25, 0.3) is 0 Å². The zero-order valence-electron chi connectivity index (χ0n) is 10.6. The molecule has 0 aliphatic rings. The van der Waals surface area contributed by atoms with Crippen molar-refractivity contribution in [3.63, 3.8) is 0 Å². The minimum atomic E-state index is -0.434. The number of hydrazine groups is 1. The number of amides is 1. The zero-order chi connectivity index (χ0) is 14.5. The number of ether oxygens (including phenoxy) is 1. The number of carbonyl (C=O) groups is 1. The standard InChI is InChI=1S/C12H12ClN5O2/c1-20-7-2-3-8(13)9(4-7)17-12(19)10-5-16-11(18-14)6-15-10/h2-6H,14H2,1H3,(H,16,18)(H,17,19).